The lowest BCUT2D eigenvalue weighted by Crippen LogP contribution is -2.61. The van der Waals surface area contributed by atoms with Crippen molar-refractivity contribution < 1.29 is 57.9 Å². The van der Waals surface area contributed by atoms with E-state index in [1.807, 2.05) is 77.0 Å². The average Bonchev–Trinajstić information content (AvgIpc) is 3.21. The Hall–Kier alpha value is -3.31. The van der Waals surface area contributed by atoms with Gasteiger partial charge >= 0.3 is 11.9 Å². The van der Waals surface area contributed by atoms with Gasteiger partial charge in [0.1, 0.15) is 17.4 Å². The van der Waals surface area contributed by atoms with E-state index >= 15 is 0 Å². The third-order valence-corrected chi connectivity index (χ3v) is 12.7. The smallest absolute Gasteiger partial charge is 0.311 e. The van der Waals surface area contributed by atoms with Crippen molar-refractivity contribution in [3.05, 3.63) is 35.9 Å². The molecule has 4 heterocycles. The second-order valence-electron chi connectivity index (χ2n) is 17.8. The number of rotatable bonds is 8. The van der Waals surface area contributed by atoms with E-state index in [4.69, 9.17) is 38.3 Å². The van der Waals surface area contributed by atoms with Crippen molar-refractivity contribution in [3.63, 3.8) is 0 Å². The van der Waals surface area contributed by atoms with Crippen molar-refractivity contribution >= 4 is 29.3 Å². The number of aliphatic hydroxyl groups is 2. The van der Waals surface area contributed by atoms with Crippen LogP contribution >= 0.6 is 0 Å². The molecule has 4 aliphatic rings. The number of esters is 2. The third kappa shape index (κ3) is 10.8. The van der Waals surface area contributed by atoms with Gasteiger partial charge in [-0.05, 0) is 79.0 Å². The summed E-state index contributed by atoms with van der Waals surface area (Å²) < 4.78 is 38.9. The van der Waals surface area contributed by atoms with E-state index in [1.54, 1.807) is 27.7 Å². The molecule has 4 aliphatic heterocycles. The number of fused-ring (bicyclic) bond motifs is 4. The van der Waals surface area contributed by atoms with E-state index in [0.717, 1.165) is 5.56 Å². The number of aliphatic imine (C=N–C) groups is 1. The minimum Gasteiger partial charge on any atom is -0.459 e. The van der Waals surface area contributed by atoms with Crippen molar-refractivity contribution in [2.75, 3.05) is 27.3 Å². The van der Waals surface area contributed by atoms with E-state index in [9.17, 15) is 24.6 Å². The maximum Gasteiger partial charge on any atom is 0.311 e. The molecular formula is C44H67N3O12. The summed E-state index contributed by atoms with van der Waals surface area (Å²) in [6.07, 6.45) is -6.00. The molecule has 4 bridgehead atoms. The minimum atomic E-state index is -1.80. The first-order valence-corrected chi connectivity index (χ1v) is 21.2. The monoisotopic (exact) mass is 829 g/mol. The van der Waals surface area contributed by atoms with E-state index in [2.05, 4.69) is 5.16 Å². The maximum atomic E-state index is 14.3. The fourth-order valence-electron chi connectivity index (χ4n) is 9.38. The van der Waals surface area contributed by atoms with Gasteiger partial charge in [-0.2, -0.15) is 0 Å². The lowest BCUT2D eigenvalue weighted by molar-refractivity contribution is -0.304. The van der Waals surface area contributed by atoms with Crippen molar-refractivity contribution in [2.24, 2.45) is 33.8 Å². The first kappa shape index (κ1) is 46.8. The van der Waals surface area contributed by atoms with Crippen molar-refractivity contribution in [2.45, 2.75) is 161 Å². The molecule has 0 unspecified atom stereocenters. The molecule has 3 fully saturated rings. The topological polar surface area (TPSA) is 184 Å². The number of cyclic esters (lactones) is 1. The fourth-order valence-corrected chi connectivity index (χ4v) is 9.38. The Morgan fingerprint density at radius 2 is 1.73 bits per heavy atom. The molecule has 0 saturated carbocycles. The number of aliphatic hydroxyl groups excluding tert-OH is 1. The molecule has 15 nitrogen and oxygen atoms in total. The average molecular weight is 830 g/mol. The van der Waals surface area contributed by atoms with Crippen LogP contribution in [0.4, 0.5) is 0 Å². The summed E-state index contributed by atoms with van der Waals surface area (Å²) in [7, 11) is 3.79. The number of oxime groups is 1. The van der Waals surface area contributed by atoms with Crippen LogP contribution < -0.4 is 0 Å². The Kier molecular flexibility index (Phi) is 15.5. The van der Waals surface area contributed by atoms with Gasteiger partial charge in [-0.3, -0.25) is 14.4 Å². The van der Waals surface area contributed by atoms with Crippen LogP contribution in [0.3, 0.4) is 0 Å². The van der Waals surface area contributed by atoms with E-state index in [1.165, 1.54) is 6.92 Å². The van der Waals surface area contributed by atoms with Crippen LogP contribution in [-0.2, 0) is 54.1 Å². The molecule has 0 aliphatic carbocycles. The van der Waals surface area contributed by atoms with Crippen LogP contribution in [0.5, 0.6) is 0 Å². The normalized spacial score (nSPS) is 41.0. The Morgan fingerprint density at radius 1 is 1.03 bits per heavy atom. The SMILES string of the molecule is CC[C@H]1OC(=O)[C@H](C)[C@@H](O)[C@H](C)[C@@H](O[C@@H]2O[C@H](C)C[C@H](N(C)C)[C@H]2OC(C)=O)[C@@]2(C)C[C@@H](C)C3=NC(=O)[C@@H](CCc4ccccc4)O/N=C(\CO[C@@H]([C@@H]3C)[C@]1(C)O)CO2. The molecule has 2 N–H and O–H groups in total. The van der Waals surface area contributed by atoms with E-state index in [-0.39, 0.29) is 43.9 Å². The van der Waals surface area contributed by atoms with Gasteiger partial charge in [0.25, 0.3) is 5.91 Å². The zero-order valence-electron chi connectivity index (χ0n) is 36.7. The van der Waals surface area contributed by atoms with Gasteiger partial charge in [0, 0.05) is 30.9 Å². The number of amides is 1. The molecule has 1 amide bonds. The molecule has 330 valence electrons. The molecule has 0 radical (unpaired) electrons. The van der Waals surface area contributed by atoms with Crippen LogP contribution in [0.15, 0.2) is 40.5 Å². The van der Waals surface area contributed by atoms with Gasteiger partial charge in [0.05, 0.1) is 55.2 Å². The van der Waals surface area contributed by atoms with Crippen LogP contribution in [0.2, 0.25) is 0 Å². The zero-order chi connectivity index (χ0) is 43.4. The summed E-state index contributed by atoms with van der Waals surface area (Å²) in [5, 5.41) is 29.0. The Morgan fingerprint density at radius 3 is 2.37 bits per heavy atom. The number of carbonyl (C=O) groups is 3. The lowest BCUT2D eigenvalue weighted by Gasteiger charge is -2.49. The predicted molar refractivity (Wildman–Crippen MR) is 219 cm³/mol. The first-order chi connectivity index (χ1) is 27.8. The fraction of sp³-hybridized carbons (Fsp3) is 0.750. The number of aryl methyl sites for hydroxylation is 1. The number of ether oxygens (including phenoxy) is 6. The second-order valence-corrected chi connectivity index (χ2v) is 17.8. The van der Waals surface area contributed by atoms with Crippen molar-refractivity contribution in [3.8, 4) is 0 Å². The number of likely N-dealkylation sites (N-methyl/N-ethyl adjacent to an activating group) is 1. The lowest BCUT2D eigenvalue weighted by atomic mass is 9.73. The van der Waals surface area contributed by atoms with E-state index < -0.39 is 95.6 Å². The Bertz CT molecular complexity index is 1670. The van der Waals surface area contributed by atoms with Gasteiger partial charge in [0.15, 0.2) is 12.4 Å². The highest BCUT2D eigenvalue weighted by molar-refractivity contribution is 6.00. The number of hydrogen-bond acceptors (Lipinski definition) is 14. The molecule has 0 aromatic heterocycles. The largest absolute Gasteiger partial charge is 0.459 e. The van der Waals surface area contributed by atoms with Gasteiger partial charge in [-0.1, -0.05) is 63.2 Å². The highest BCUT2D eigenvalue weighted by Crippen LogP contribution is 2.41. The summed E-state index contributed by atoms with van der Waals surface area (Å²) in [6.45, 7) is 15.2. The third-order valence-electron chi connectivity index (χ3n) is 12.7. The summed E-state index contributed by atoms with van der Waals surface area (Å²) >= 11 is 0. The number of carbonyl (C=O) groups excluding carboxylic acids is 3. The van der Waals surface area contributed by atoms with Crippen molar-refractivity contribution in [1.82, 2.24) is 4.90 Å². The van der Waals surface area contributed by atoms with Crippen LogP contribution in [-0.4, -0.2) is 138 Å². The van der Waals surface area contributed by atoms with Crippen LogP contribution in [0.25, 0.3) is 0 Å². The summed E-state index contributed by atoms with van der Waals surface area (Å²) in [4.78, 5) is 53.7. The maximum absolute atomic E-state index is 14.3. The summed E-state index contributed by atoms with van der Waals surface area (Å²) in [5.74, 6) is -4.90. The molecule has 59 heavy (non-hydrogen) atoms. The number of hydrogen-bond donors (Lipinski definition) is 2. The van der Waals surface area contributed by atoms with Crippen molar-refractivity contribution in [1.29, 1.82) is 0 Å². The van der Waals surface area contributed by atoms with Gasteiger partial charge < -0.3 is 48.4 Å². The van der Waals surface area contributed by atoms with Gasteiger partial charge in [-0.15, -0.1) is 0 Å². The molecule has 1 aromatic rings. The second kappa shape index (κ2) is 19.6. The number of nitrogens with zero attached hydrogens (tertiary/aromatic N) is 3. The number of benzene rings is 1. The quantitative estimate of drug-likeness (QED) is 0.355. The molecule has 15 atom stereocenters. The highest BCUT2D eigenvalue weighted by Gasteiger charge is 2.54. The zero-order valence-corrected chi connectivity index (χ0v) is 36.7. The standard InChI is InChI=1S/C44H67N3O12/c1-12-34-44(9,52)39-26(4)35-24(2)21-43(8,54-23-31(22-53-39)46-59-33(40(50)45-35)19-18-30-16-14-13-15-17-30)38(27(5)36(49)28(6)41(51)57-34)58-42-37(56-29(7)48)32(47(10)11)20-25(3)55-42/h13-17,24-28,32-34,36-39,42,49,52H,12,18-23H2,1-11H3/b45-35?,46-31+/t24-,25-,26-,27+,28-,32+,33-,34-,36+,37-,38-,39+,42+,43-,44-/m1/s1. The van der Waals surface area contributed by atoms with Crippen LogP contribution in [0, 0.1) is 23.7 Å². The van der Waals surface area contributed by atoms with Crippen LogP contribution in [0.1, 0.15) is 93.6 Å². The molecule has 15 heteroatoms. The molecule has 5 rings (SSSR count). The van der Waals surface area contributed by atoms with Gasteiger partial charge in [0.2, 0.25) is 6.10 Å². The molecule has 0 spiro atoms. The Labute approximate surface area is 349 Å². The summed E-state index contributed by atoms with van der Waals surface area (Å²) in [5.41, 5.74) is -1.39. The Balaban J connectivity index is 1.69. The highest BCUT2D eigenvalue weighted by atomic mass is 16.7. The summed E-state index contributed by atoms with van der Waals surface area (Å²) in [6, 6.07) is 9.48. The predicted octanol–water partition coefficient (Wildman–Crippen LogP) is 4.28. The molecule has 1 aromatic carbocycles. The molecular weight excluding hydrogens is 762 g/mol. The minimum absolute atomic E-state index is 0.154. The first-order valence-electron chi connectivity index (χ1n) is 21.2. The van der Waals surface area contributed by atoms with E-state index in [0.29, 0.717) is 25.0 Å². The molecule has 3 saturated heterocycles. The van der Waals surface area contributed by atoms with Gasteiger partial charge in [-0.25, -0.2) is 4.99 Å².